The van der Waals surface area contributed by atoms with Crippen molar-refractivity contribution in [3.8, 4) is 0 Å². The number of benzene rings is 1. The largest absolute Gasteiger partial charge is 0.481 e. The number of fused-ring (bicyclic) bond motifs is 1. The van der Waals surface area contributed by atoms with E-state index in [4.69, 9.17) is 0 Å². The Labute approximate surface area is 150 Å². The molecule has 1 aliphatic carbocycles. The molecule has 25 heavy (non-hydrogen) atoms. The average molecular weight is 343 g/mol. The number of carbonyl (C=O) groups excluding carboxylic acids is 1. The van der Waals surface area contributed by atoms with Crippen LogP contribution in [-0.4, -0.2) is 34.0 Å². The van der Waals surface area contributed by atoms with Gasteiger partial charge in [-0.1, -0.05) is 63.6 Å². The highest BCUT2D eigenvalue weighted by molar-refractivity contribution is 6.01. The van der Waals surface area contributed by atoms with Crippen molar-refractivity contribution in [2.24, 2.45) is 0 Å². The first kappa shape index (κ1) is 18.0. The van der Waals surface area contributed by atoms with Gasteiger partial charge in [-0.15, -0.1) is 0 Å². The minimum absolute atomic E-state index is 0.0338. The number of nitrogens with zero attached hydrogens (tertiary/aromatic N) is 1. The van der Waals surface area contributed by atoms with E-state index in [-0.39, 0.29) is 5.91 Å². The molecule has 1 amide bonds. The molecule has 4 nitrogen and oxygen atoms in total. The van der Waals surface area contributed by atoms with E-state index >= 15 is 0 Å². The van der Waals surface area contributed by atoms with Gasteiger partial charge < -0.3 is 10.0 Å². The number of amides is 1. The van der Waals surface area contributed by atoms with E-state index in [2.05, 4.69) is 6.92 Å². The Hall–Kier alpha value is -1.84. The van der Waals surface area contributed by atoms with Crippen molar-refractivity contribution < 1.29 is 14.7 Å². The standard InChI is InChI=1S/C21H29NO3/c1-2-3-4-10-15-22-19(23)17-12-7-6-11-16(17)18(20(24)25)21(22)13-8-5-9-14-21/h6-7,11-12,18H,2-5,8-10,13-15H2,1H3,(H,24,25). The quantitative estimate of drug-likeness (QED) is 0.768. The minimum Gasteiger partial charge on any atom is -0.481 e. The van der Waals surface area contributed by atoms with Gasteiger partial charge in [0, 0.05) is 12.1 Å². The van der Waals surface area contributed by atoms with Gasteiger partial charge in [0.15, 0.2) is 0 Å². The summed E-state index contributed by atoms with van der Waals surface area (Å²) in [7, 11) is 0. The van der Waals surface area contributed by atoms with E-state index in [1.165, 1.54) is 0 Å². The van der Waals surface area contributed by atoms with Crippen LogP contribution < -0.4 is 0 Å². The van der Waals surface area contributed by atoms with Gasteiger partial charge in [-0.3, -0.25) is 9.59 Å². The summed E-state index contributed by atoms with van der Waals surface area (Å²) in [6, 6.07) is 7.33. The fourth-order valence-electron chi connectivity index (χ4n) is 4.84. The van der Waals surface area contributed by atoms with Crippen molar-refractivity contribution in [3.63, 3.8) is 0 Å². The van der Waals surface area contributed by atoms with E-state index in [9.17, 15) is 14.7 Å². The van der Waals surface area contributed by atoms with Crippen LogP contribution in [0.2, 0.25) is 0 Å². The zero-order valence-electron chi connectivity index (χ0n) is 15.2. The summed E-state index contributed by atoms with van der Waals surface area (Å²) in [5, 5.41) is 10.1. The monoisotopic (exact) mass is 343 g/mol. The molecular formula is C21H29NO3. The lowest BCUT2D eigenvalue weighted by Gasteiger charge is -2.53. The minimum atomic E-state index is -0.791. The third kappa shape index (κ3) is 3.19. The highest BCUT2D eigenvalue weighted by Crippen LogP contribution is 2.49. The second-order valence-corrected chi connectivity index (χ2v) is 7.54. The second-order valence-electron chi connectivity index (χ2n) is 7.54. The number of hydrogen-bond donors (Lipinski definition) is 1. The summed E-state index contributed by atoms with van der Waals surface area (Å²) < 4.78 is 0. The molecule has 1 atom stereocenters. The summed E-state index contributed by atoms with van der Waals surface area (Å²) in [5.41, 5.74) is 0.759. The molecule has 4 heteroatoms. The van der Waals surface area contributed by atoms with Crippen molar-refractivity contribution in [2.75, 3.05) is 6.54 Å². The number of carbonyl (C=O) groups is 2. The molecule has 0 aromatic heterocycles. The molecule has 1 fully saturated rings. The lowest BCUT2D eigenvalue weighted by molar-refractivity contribution is -0.144. The van der Waals surface area contributed by atoms with Crippen LogP contribution in [0.3, 0.4) is 0 Å². The Balaban J connectivity index is 2.02. The molecule has 3 rings (SSSR count). The van der Waals surface area contributed by atoms with Crippen LogP contribution in [0, 0.1) is 0 Å². The summed E-state index contributed by atoms with van der Waals surface area (Å²) in [5.74, 6) is -1.36. The fourth-order valence-corrected chi connectivity index (χ4v) is 4.84. The molecule has 1 aliphatic heterocycles. The van der Waals surface area contributed by atoms with Crippen molar-refractivity contribution in [1.82, 2.24) is 4.90 Å². The molecule has 0 bridgehead atoms. The maximum absolute atomic E-state index is 13.3. The smallest absolute Gasteiger partial charge is 0.313 e. The average Bonchev–Trinajstić information content (AvgIpc) is 2.61. The molecular weight excluding hydrogens is 314 g/mol. The van der Waals surface area contributed by atoms with Crippen LogP contribution in [0.5, 0.6) is 0 Å². The molecule has 1 heterocycles. The molecule has 1 aromatic carbocycles. The number of hydrogen-bond acceptors (Lipinski definition) is 2. The predicted molar refractivity (Wildman–Crippen MR) is 97.8 cm³/mol. The number of carboxylic acid groups (broad SMARTS) is 1. The summed E-state index contributed by atoms with van der Waals surface area (Å²) >= 11 is 0. The number of unbranched alkanes of at least 4 members (excludes halogenated alkanes) is 3. The van der Waals surface area contributed by atoms with Crippen molar-refractivity contribution in [1.29, 1.82) is 0 Å². The molecule has 0 radical (unpaired) electrons. The normalized spacial score (nSPS) is 22.0. The maximum Gasteiger partial charge on any atom is 0.313 e. The Morgan fingerprint density at radius 2 is 1.88 bits per heavy atom. The van der Waals surface area contributed by atoms with Gasteiger partial charge >= 0.3 is 5.97 Å². The zero-order chi connectivity index (χ0) is 17.9. The number of carboxylic acids is 1. The van der Waals surface area contributed by atoms with Gasteiger partial charge in [0.05, 0.1) is 5.54 Å². The number of rotatable bonds is 6. The van der Waals surface area contributed by atoms with Gasteiger partial charge in [-0.05, 0) is 30.9 Å². The summed E-state index contributed by atoms with van der Waals surface area (Å²) in [4.78, 5) is 27.5. The fraction of sp³-hybridized carbons (Fsp3) is 0.619. The van der Waals surface area contributed by atoms with E-state index < -0.39 is 17.4 Å². The van der Waals surface area contributed by atoms with Gasteiger partial charge in [0.25, 0.3) is 5.91 Å². The van der Waals surface area contributed by atoms with E-state index in [0.717, 1.165) is 57.8 Å². The van der Waals surface area contributed by atoms with Crippen LogP contribution in [0.15, 0.2) is 24.3 Å². The van der Waals surface area contributed by atoms with E-state index in [1.54, 1.807) is 6.07 Å². The Morgan fingerprint density at radius 3 is 2.56 bits per heavy atom. The van der Waals surface area contributed by atoms with Crippen LogP contribution >= 0.6 is 0 Å². The Bertz CT molecular complexity index is 634. The van der Waals surface area contributed by atoms with Crippen LogP contribution in [0.1, 0.15) is 86.6 Å². The first-order chi connectivity index (χ1) is 12.1. The van der Waals surface area contributed by atoms with Gasteiger partial charge in [-0.25, -0.2) is 0 Å². The predicted octanol–water partition coefficient (Wildman–Crippen LogP) is 4.59. The molecule has 1 unspecified atom stereocenters. The lowest BCUT2D eigenvalue weighted by atomic mass is 9.65. The zero-order valence-corrected chi connectivity index (χ0v) is 15.2. The molecule has 0 saturated heterocycles. The van der Waals surface area contributed by atoms with Crippen molar-refractivity contribution in [2.45, 2.75) is 76.2 Å². The number of aliphatic carboxylic acids is 1. The van der Waals surface area contributed by atoms with Crippen molar-refractivity contribution >= 4 is 11.9 Å². The second kappa shape index (κ2) is 7.59. The molecule has 1 saturated carbocycles. The Morgan fingerprint density at radius 1 is 1.16 bits per heavy atom. The third-order valence-electron chi connectivity index (χ3n) is 6.02. The topological polar surface area (TPSA) is 57.6 Å². The molecule has 1 spiro atoms. The third-order valence-corrected chi connectivity index (χ3v) is 6.02. The van der Waals surface area contributed by atoms with Crippen molar-refractivity contribution in [3.05, 3.63) is 35.4 Å². The van der Waals surface area contributed by atoms with E-state index in [0.29, 0.717) is 17.7 Å². The molecule has 136 valence electrons. The van der Waals surface area contributed by atoms with E-state index in [1.807, 2.05) is 23.1 Å². The first-order valence-electron chi connectivity index (χ1n) is 9.75. The Kier molecular flexibility index (Phi) is 5.45. The van der Waals surface area contributed by atoms with Crippen LogP contribution in [0.4, 0.5) is 0 Å². The lowest BCUT2D eigenvalue weighted by Crippen LogP contribution is -2.61. The first-order valence-corrected chi connectivity index (χ1v) is 9.75. The SMILES string of the molecule is CCCCCCN1C(=O)c2ccccc2C(C(=O)O)C12CCCCC2. The van der Waals surface area contributed by atoms with Gasteiger partial charge in [0.1, 0.15) is 5.92 Å². The summed E-state index contributed by atoms with van der Waals surface area (Å²) in [6.07, 6.45) is 9.11. The molecule has 1 aromatic rings. The highest BCUT2D eigenvalue weighted by Gasteiger charge is 2.54. The van der Waals surface area contributed by atoms with Crippen LogP contribution in [0.25, 0.3) is 0 Å². The van der Waals surface area contributed by atoms with Gasteiger partial charge in [0.2, 0.25) is 0 Å². The highest BCUT2D eigenvalue weighted by atomic mass is 16.4. The van der Waals surface area contributed by atoms with Crippen LogP contribution in [-0.2, 0) is 4.79 Å². The molecule has 1 N–H and O–H groups in total. The maximum atomic E-state index is 13.3. The van der Waals surface area contributed by atoms with Gasteiger partial charge in [-0.2, -0.15) is 0 Å². The molecule has 2 aliphatic rings. The summed E-state index contributed by atoms with van der Waals surface area (Å²) in [6.45, 7) is 2.85.